The standard InChI is InChI=1S/C24H38O3/c1-4-5-13-17-22(23-19-21(3)27-24(23)26)18-15-12-10-8-6-7-9-11-14-16-20(2)25/h10,12,15,18,22-23H,3-9,11,13-14,16-17,19H2,1-2H3/b12-10-,18-15+. The molecule has 0 bridgehead atoms. The van der Waals surface area contributed by atoms with Gasteiger partial charge in [0.05, 0.1) is 5.92 Å². The number of esters is 1. The van der Waals surface area contributed by atoms with E-state index in [-0.39, 0.29) is 17.8 Å². The topological polar surface area (TPSA) is 43.4 Å². The molecule has 1 aliphatic heterocycles. The molecule has 1 heterocycles. The summed E-state index contributed by atoms with van der Waals surface area (Å²) in [5.41, 5.74) is 0. The van der Waals surface area contributed by atoms with Gasteiger partial charge >= 0.3 is 5.97 Å². The minimum absolute atomic E-state index is 0.0611. The Balaban J connectivity index is 2.28. The maximum Gasteiger partial charge on any atom is 0.315 e. The maximum atomic E-state index is 12.0. The molecule has 0 radical (unpaired) electrons. The molecule has 152 valence electrons. The number of hydrogen-bond donors (Lipinski definition) is 0. The molecule has 1 saturated heterocycles. The lowest BCUT2D eigenvalue weighted by atomic mass is 9.86. The number of hydrogen-bond acceptors (Lipinski definition) is 3. The van der Waals surface area contributed by atoms with Crippen LogP contribution in [0, 0.1) is 11.8 Å². The zero-order valence-electron chi connectivity index (χ0n) is 17.4. The summed E-state index contributed by atoms with van der Waals surface area (Å²) in [6.45, 7) is 7.66. The third kappa shape index (κ3) is 10.9. The van der Waals surface area contributed by atoms with Gasteiger partial charge in [0.25, 0.3) is 0 Å². The molecule has 2 atom stereocenters. The number of allylic oxidation sites excluding steroid dienone is 5. The van der Waals surface area contributed by atoms with E-state index in [1.54, 1.807) is 6.92 Å². The molecular formula is C24H38O3. The van der Waals surface area contributed by atoms with Gasteiger partial charge < -0.3 is 9.53 Å². The molecule has 0 aliphatic carbocycles. The first-order chi connectivity index (χ1) is 13.0. The molecule has 1 rings (SSSR count). The van der Waals surface area contributed by atoms with Gasteiger partial charge in [-0.1, -0.05) is 76.3 Å². The van der Waals surface area contributed by atoms with E-state index in [9.17, 15) is 9.59 Å². The fourth-order valence-corrected chi connectivity index (χ4v) is 3.52. The van der Waals surface area contributed by atoms with E-state index in [2.05, 4.69) is 37.8 Å². The second kappa shape index (κ2) is 14.4. The van der Waals surface area contributed by atoms with Crippen LogP contribution in [0.1, 0.15) is 90.9 Å². The van der Waals surface area contributed by atoms with Crippen molar-refractivity contribution in [3.05, 3.63) is 36.6 Å². The zero-order chi connectivity index (χ0) is 19.9. The van der Waals surface area contributed by atoms with E-state index in [1.165, 1.54) is 32.1 Å². The zero-order valence-corrected chi connectivity index (χ0v) is 17.4. The molecule has 2 unspecified atom stereocenters. The predicted octanol–water partition coefficient (Wildman–Crippen LogP) is 6.69. The van der Waals surface area contributed by atoms with Crippen molar-refractivity contribution in [2.75, 3.05) is 0 Å². The van der Waals surface area contributed by atoms with Crippen molar-refractivity contribution in [2.24, 2.45) is 11.8 Å². The monoisotopic (exact) mass is 374 g/mol. The Morgan fingerprint density at radius 3 is 2.56 bits per heavy atom. The SMILES string of the molecule is C=C1CC(C(/C=C/C=C\CCCCCCCC(C)=O)CCCCC)C(=O)O1. The molecule has 0 aromatic heterocycles. The van der Waals surface area contributed by atoms with E-state index in [0.29, 0.717) is 18.0 Å². The van der Waals surface area contributed by atoms with Gasteiger partial charge in [-0.15, -0.1) is 0 Å². The summed E-state index contributed by atoms with van der Waals surface area (Å²) >= 11 is 0. The number of carbonyl (C=O) groups is 2. The van der Waals surface area contributed by atoms with Crippen LogP contribution in [-0.2, 0) is 14.3 Å². The number of ketones is 1. The van der Waals surface area contributed by atoms with Crippen LogP contribution in [0.3, 0.4) is 0 Å². The first-order valence-electron chi connectivity index (χ1n) is 10.8. The van der Waals surface area contributed by atoms with Crippen LogP contribution in [0.2, 0.25) is 0 Å². The Morgan fingerprint density at radius 2 is 1.89 bits per heavy atom. The molecule has 3 heteroatoms. The molecule has 0 aromatic carbocycles. The van der Waals surface area contributed by atoms with Crippen LogP contribution >= 0.6 is 0 Å². The number of unbranched alkanes of at least 4 members (excludes halogenated alkanes) is 7. The molecule has 0 spiro atoms. The Morgan fingerprint density at radius 1 is 1.15 bits per heavy atom. The maximum absolute atomic E-state index is 12.0. The van der Waals surface area contributed by atoms with Crippen LogP contribution in [-0.4, -0.2) is 11.8 Å². The van der Waals surface area contributed by atoms with Crippen LogP contribution in [0.15, 0.2) is 36.6 Å². The van der Waals surface area contributed by atoms with Crippen molar-refractivity contribution in [3.63, 3.8) is 0 Å². The van der Waals surface area contributed by atoms with E-state index in [4.69, 9.17) is 4.74 Å². The molecule has 0 aromatic rings. The molecule has 0 N–H and O–H groups in total. The normalized spacial score (nSPS) is 18.5. The molecule has 0 amide bonds. The van der Waals surface area contributed by atoms with Gasteiger partial charge in [0, 0.05) is 12.8 Å². The van der Waals surface area contributed by atoms with Crippen molar-refractivity contribution in [1.29, 1.82) is 0 Å². The second-order valence-electron chi connectivity index (χ2n) is 7.75. The molecule has 3 nitrogen and oxygen atoms in total. The Kier molecular flexibility index (Phi) is 12.5. The van der Waals surface area contributed by atoms with Gasteiger partial charge in [-0.25, -0.2) is 0 Å². The first-order valence-corrected chi connectivity index (χ1v) is 10.8. The van der Waals surface area contributed by atoms with Gasteiger partial charge in [0.15, 0.2) is 0 Å². The van der Waals surface area contributed by atoms with Crippen molar-refractivity contribution in [2.45, 2.75) is 90.9 Å². The summed E-state index contributed by atoms with van der Waals surface area (Å²) in [5, 5.41) is 0. The lowest BCUT2D eigenvalue weighted by Crippen LogP contribution is -2.17. The molecule has 1 aliphatic rings. The first kappa shape index (κ1) is 23.4. The third-order valence-corrected chi connectivity index (χ3v) is 5.16. The summed E-state index contributed by atoms with van der Waals surface area (Å²) in [6.07, 6.45) is 21.5. The number of ether oxygens (including phenoxy) is 1. The van der Waals surface area contributed by atoms with Crippen molar-refractivity contribution < 1.29 is 14.3 Å². The van der Waals surface area contributed by atoms with Crippen LogP contribution < -0.4 is 0 Å². The van der Waals surface area contributed by atoms with Crippen LogP contribution in [0.4, 0.5) is 0 Å². The average Bonchev–Trinajstić information content (AvgIpc) is 2.96. The Labute approximate surface area is 165 Å². The summed E-state index contributed by atoms with van der Waals surface area (Å²) in [7, 11) is 0. The molecule has 0 saturated carbocycles. The summed E-state index contributed by atoms with van der Waals surface area (Å²) in [5.74, 6) is 0.980. The van der Waals surface area contributed by atoms with Gasteiger partial charge in [0.2, 0.25) is 0 Å². The van der Waals surface area contributed by atoms with E-state index in [1.807, 2.05) is 0 Å². The quantitative estimate of drug-likeness (QED) is 0.182. The van der Waals surface area contributed by atoms with Crippen molar-refractivity contribution in [1.82, 2.24) is 0 Å². The minimum atomic E-state index is -0.111. The van der Waals surface area contributed by atoms with E-state index >= 15 is 0 Å². The van der Waals surface area contributed by atoms with Gasteiger partial charge in [-0.05, 0) is 38.5 Å². The average molecular weight is 375 g/mol. The highest BCUT2D eigenvalue weighted by Gasteiger charge is 2.34. The highest BCUT2D eigenvalue weighted by Crippen LogP contribution is 2.33. The second-order valence-corrected chi connectivity index (χ2v) is 7.75. The Bertz CT molecular complexity index is 516. The summed E-state index contributed by atoms with van der Waals surface area (Å²) < 4.78 is 5.17. The Hall–Kier alpha value is -1.64. The van der Waals surface area contributed by atoms with Gasteiger partial charge in [-0.2, -0.15) is 0 Å². The summed E-state index contributed by atoms with van der Waals surface area (Å²) in [6, 6.07) is 0. The number of Topliss-reactive ketones (excluding diaryl/α,β-unsaturated/α-hetero) is 1. The largest absolute Gasteiger partial charge is 0.431 e. The van der Waals surface area contributed by atoms with Gasteiger partial charge in [-0.3, -0.25) is 4.79 Å². The fraction of sp³-hybridized carbons (Fsp3) is 0.667. The minimum Gasteiger partial charge on any atom is -0.431 e. The lowest BCUT2D eigenvalue weighted by molar-refractivity contribution is -0.140. The smallest absolute Gasteiger partial charge is 0.315 e. The molecule has 1 fully saturated rings. The van der Waals surface area contributed by atoms with Crippen LogP contribution in [0.5, 0.6) is 0 Å². The summed E-state index contributed by atoms with van der Waals surface area (Å²) in [4.78, 5) is 22.9. The van der Waals surface area contributed by atoms with Crippen molar-refractivity contribution >= 4 is 11.8 Å². The molecular weight excluding hydrogens is 336 g/mol. The number of carbonyl (C=O) groups excluding carboxylic acids is 2. The number of cyclic esters (lactones) is 1. The van der Waals surface area contributed by atoms with Gasteiger partial charge in [0.1, 0.15) is 11.5 Å². The van der Waals surface area contributed by atoms with Crippen molar-refractivity contribution in [3.8, 4) is 0 Å². The van der Waals surface area contributed by atoms with Crippen LogP contribution in [0.25, 0.3) is 0 Å². The van der Waals surface area contributed by atoms with E-state index < -0.39 is 0 Å². The molecule has 27 heavy (non-hydrogen) atoms. The highest BCUT2D eigenvalue weighted by molar-refractivity contribution is 5.77. The highest BCUT2D eigenvalue weighted by atomic mass is 16.5. The fourth-order valence-electron chi connectivity index (χ4n) is 3.52. The van der Waals surface area contributed by atoms with E-state index in [0.717, 1.165) is 38.5 Å². The number of rotatable bonds is 15. The lowest BCUT2D eigenvalue weighted by Gasteiger charge is -2.16. The third-order valence-electron chi connectivity index (χ3n) is 5.16. The predicted molar refractivity (Wildman–Crippen MR) is 112 cm³/mol.